The van der Waals surface area contributed by atoms with Crippen LogP contribution in [0.2, 0.25) is 0 Å². The zero-order valence-electron chi connectivity index (χ0n) is 12.1. The molecule has 0 spiro atoms. The molecule has 0 saturated carbocycles. The molecule has 0 heterocycles. The Morgan fingerprint density at radius 3 is 2.30 bits per heavy atom. The Hall–Kier alpha value is -1.81. The van der Waals surface area contributed by atoms with Crippen LogP contribution in [0, 0.1) is 5.92 Å². The first-order valence-electron chi connectivity index (χ1n) is 6.48. The maximum Gasteiger partial charge on any atom is 0.393 e. The van der Waals surface area contributed by atoms with Crippen LogP contribution >= 0.6 is 0 Å². The van der Waals surface area contributed by atoms with E-state index in [1.807, 2.05) is 4.72 Å². The van der Waals surface area contributed by atoms with Crippen LogP contribution in [0.3, 0.4) is 0 Å². The highest BCUT2D eigenvalue weighted by Crippen LogP contribution is 2.29. The van der Waals surface area contributed by atoms with Crippen molar-refractivity contribution in [3.63, 3.8) is 0 Å². The number of hydrogen-bond acceptors (Lipinski definition) is 4. The number of carboxylic acids is 1. The Balaban J connectivity index is 2.79. The summed E-state index contributed by atoms with van der Waals surface area (Å²) in [5.41, 5.74) is 0. The molecule has 130 valence electrons. The van der Waals surface area contributed by atoms with Gasteiger partial charge in [0.05, 0.1) is 17.9 Å². The standard InChI is InChI=1S/C13H16F3NO5S/c1-22-10-3-5-11(6-4-10)23(20,21)17-8-9(13(14,15)16)2-7-12(18)19/h3-6,9,17H,2,7-8H2,1H3,(H,18,19). The lowest BCUT2D eigenvalue weighted by Crippen LogP contribution is -2.36. The second-order valence-corrected chi connectivity index (χ2v) is 6.47. The molecule has 1 rings (SSSR count). The molecule has 10 heteroatoms. The summed E-state index contributed by atoms with van der Waals surface area (Å²) in [7, 11) is -2.75. The molecule has 0 fully saturated rings. The van der Waals surface area contributed by atoms with Crippen molar-refractivity contribution < 1.29 is 36.2 Å². The number of carbonyl (C=O) groups is 1. The number of carboxylic acid groups (broad SMARTS) is 1. The normalized spacial score (nSPS) is 13.6. The number of sulfonamides is 1. The summed E-state index contributed by atoms with van der Waals surface area (Å²) < 4.78 is 69.1. The van der Waals surface area contributed by atoms with E-state index in [0.717, 1.165) is 0 Å². The largest absolute Gasteiger partial charge is 0.497 e. The lowest BCUT2D eigenvalue weighted by Gasteiger charge is -2.20. The molecular formula is C13H16F3NO5S. The molecular weight excluding hydrogens is 339 g/mol. The summed E-state index contributed by atoms with van der Waals surface area (Å²) in [5.74, 6) is -3.05. The first-order valence-corrected chi connectivity index (χ1v) is 7.97. The quantitative estimate of drug-likeness (QED) is 0.744. The third-order valence-electron chi connectivity index (χ3n) is 3.06. The van der Waals surface area contributed by atoms with Gasteiger partial charge in [0.25, 0.3) is 0 Å². The summed E-state index contributed by atoms with van der Waals surface area (Å²) in [6, 6.07) is 5.11. The fourth-order valence-electron chi connectivity index (χ4n) is 1.73. The van der Waals surface area contributed by atoms with Crippen molar-refractivity contribution in [1.29, 1.82) is 0 Å². The van der Waals surface area contributed by atoms with E-state index < -0.39 is 47.5 Å². The molecule has 0 aromatic heterocycles. The molecule has 6 nitrogen and oxygen atoms in total. The van der Waals surface area contributed by atoms with Crippen molar-refractivity contribution in [1.82, 2.24) is 4.72 Å². The fourth-order valence-corrected chi connectivity index (χ4v) is 2.81. The first kappa shape index (κ1) is 19.2. The van der Waals surface area contributed by atoms with Gasteiger partial charge in [0.2, 0.25) is 10.0 Å². The van der Waals surface area contributed by atoms with Gasteiger partial charge in [-0.2, -0.15) is 13.2 Å². The van der Waals surface area contributed by atoms with E-state index >= 15 is 0 Å². The van der Waals surface area contributed by atoms with Gasteiger partial charge in [-0.05, 0) is 30.7 Å². The molecule has 0 aliphatic heterocycles. The van der Waals surface area contributed by atoms with Gasteiger partial charge >= 0.3 is 12.1 Å². The first-order chi connectivity index (χ1) is 10.6. The molecule has 23 heavy (non-hydrogen) atoms. The fraction of sp³-hybridized carbons (Fsp3) is 0.462. The molecule has 1 unspecified atom stereocenters. The van der Waals surface area contributed by atoms with Gasteiger partial charge in [0.15, 0.2) is 0 Å². The van der Waals surface area contributed by atoms with Crippen LogP contribution in [0.1, 0.15) is 12.8 Å². The second-order valence-electron chi connectivity index (χ2n) is 4.70. The molecule has 2 N–H and O–H groups in total. The van der Waals surface area contributed by atoms with E-state index in [4.69, 9.17) is 9.84 Å². The van der Waals surface area contributed by atoms with E-state index in [0.29, 0.717) is 5.75 Å². The second kappa shape index (κ2) is 7.64. The van der Waals surface area contributed by atoms with Crippen LogP contribution in [-0.4, -0.2) is 39.3 Å². The number of methoxy groups -OCH3 is 1. The Kier molecular flexibility index (Phi) is 6.39. The van der Waals surface area contributed by atoms with Gasteiger partial charge in [-0.3, -0.25) is 4.79 Å². The number of rotatable bonds is 8. The van der Waals surface area contributed by atoms with Gasteiger partial charge in [-0.1, -0.05) is 0 Å². The highest BCUT2D eigenvalue weighted by Gasteiger charge is 2.40. The van der Waals surface area contributed by atoms with Crippen LogP contribution < -0.4 is 9.46 Å². The van der Waals surface area contributed by atoms with Crippen molar-refractivity contribution in [3.05, 3.63) is 24.3 Å². The Morgan fingerprint density at radius 2 is 1.87 bits per heavy atom. The lowest BCUT2D eigenvalue weighted by atomic mass is 10.0. The monoisotopic (exact) mass is 355 g/mol. The Labute approximate surface area is 131 Å². The van der Waals surface area contributed by atoms with Crippen molar-refractivity contribution in [3.8, 4) is 5.75 Å². The maximum atomic E-state index is 12.8. The number of nitrogens with one attached hydrogen (secondary N) is 1. The summed E-state index contributed by atoms with van der Waals surface area (Å²) in [6.45, 7) is -0.925. The minimum Gasteiger partial charge on any atom is -0.497 e. The average molecular weight is 355 g/mol. The zero-order valence-corrected chi connectivity index (χ0v) is 12.9. The van der Waals surface area contributed by atoms with Crippen LogP contribution in [0.5, 0.6) is 5.75 Å². The predicted octanol–water partition coefficient (Wildman–Crippen LogP) is 2.02. The van der Waals surface area contributed by atoms with Crippen LogP contribution in [0.25, 0.3) is 0 Å². The van der Waals surface area contributed by atoms with Crippen molar-refractivity contribution in [2.75, 3.05) is 13.7 Å². The number of benzene rings is 1. The zero-order chi connectivity index (χ0) is 17.7. The molecule has 1 aromatic rings. The molecule has 0 radical (unpaired) electrons. The minimum atomic E-state index is -4.70. The van der Waals surface area contributed by atoms with Crippen LogP contribution in [0.15, 0.2) is 29.2 Å². The molecule has 1 aromatic carbocycles. The molecule has 0 aliphatic rings. The van der Waals surface area contributed by atoms with Gasteiger partial charge in [0.1, 0.15) is 5.75 Å². The van der Waals surface area contributed by atoms with Crippen LogP contribution in [0.4, 0.5) is 13.2 Å². The highest BCUT2D eigenvalue weighted by atomic mass is 32.2. The highest BCUT2D eigenvalue weighted by molar-refractivity contribution is 7.89. The average Bonchev–Trinajstić information content (AvgIpc) is 2.45. The molecule has 0 amide bonds. The predicted molar refractivity (Wildman–Crippen MR) is 74.6 cm³/mol. The van der Waals surface area contributed by atoms with E-state index in [9.17, 15) is 26.4 Å². The van der Waals surface area contributed by atoms with Gasteiger partial charge < -0.3 is 9.84 Å². The van der Waals surface area contributed by atoms with Crippen LogP contribution in [-0.2, 0) is 14.8 Å². The topological polar surface area (TPSA) is 92.7 Å². The maximum absolute atomic E-state index is 12.8. The molecule has 0 aliphatic carbocycles. The number of alkyl halides is 3. The number of ether oxygens (including phenoxy) is 1. The van der Waals surface area contributed by atoms with Crippen molar-refractivity contribution >= 4 is 16.0 Å². The summed E-state index contributed by atoms with van der Waals surface area (Å²) in [6.07, 6.45) is -6.10. The number of hydrogen-bond donors (Lipinski definition) is 2. The van der Waals surface area contributed by atoms with Gasteiger partial charge in [0, 0.05) is 13.0 Å². The summed E-state index contributed by atoms with van der Waals surface area (Å²) in [4.78, 5) is 10.2. The number of halogens is 3. The van der Waals surface area contributed by atoms with Crippen molar-refractivity contribution in [2.24, 2.45) is 5.92 Å². The Morgan fingerprint density at radius 1 is 1.30 bits per heavy atom. The third kappa shape index (κ3) is 6.06. The van der Waals surface area contributed by atoms with Gasteiger partial charge in [-0.15, -0.1) is 0 Å². The summed E-state index contributed by atoms with van der Waals surface area (Å²) >= 11 is 0. The molecule has 1 atom stereocenters. The molecule has 0 bridgehead atoms. The summed E-state index contributed by atoms with van der Waals surface area (Å²) in [5, 5.41) is 8.47. The number of aliphatic carboxylic acids is 1. The lowest BCUT2D eigenvalue weighted by molar-refractivity contribution is -0.175. The third-order valence-corrected chi connectivity index (χ3v) is 4.50. The van der Waals surface area contributed by atoms with E-state index in [1.165, 1.54) is 31.4 Å². The van der Waals surface area contributed by atoms with Crippen molar-refractivity contribution in [2.45, 2.75) is 23.9 Å². The van der Waals surface area contributed by atoms with E-state index in [-0.39, 0.29) is 4.90 Å². The molecule has 0 saturated heterocycles. The minimum absolute atomic E-state index is 0.211. The SMILES string of the molecule is COc1ccc(S(=O)(=O)NCC(CCC(=O)O)C(F)(F)F)cc1. The van der Waals surface area contributed by atoms with E-state index in [2.05, 4.69) is 0 Å². The van der Waals surface area contributed by atoms with E-state index in [1.54, 1.807) is 0 Å². The Bertz CT molecular complexity index is 628. The van der Waals surface area contributed by atoms with Gasteiger partial charge in [-0.25, -0.2) is 13.1 Å². The smallest absolute Gasteiger partial charge is 0.393 e.